The minimum Gasteiger partial charge on any atom is -0.445 e. The molecular formula is C26H36Cl2N2O6. The van der Waals surface area contributed by atoms with E-state index in [1.807, 2.05) is 6.92 Å². The van der Waals surface area contributed by atoms with Gasteiger partial charge >= 0.3 is 6.09 Å². The van der Waals surface area contributed by atoms with Gasteiger partial charge in [-0.05, 0) is 67.6 Å². The van der Waals surface area contributed by atoms with Crippen LogP contribution in [0.2, 0.25) is 10.0 Å². The molecule has 1 aliphatic heterocycles. The van der Waals surface area contributed by atoms with Crippen LogP contribution < -0.4 is 5.32 Å². The van der Waals surface area contributed by atoms with Crippen LogP contribution in [0.1, 0.15) is 52.4 Å². The summed E-state index contributed by atoms with van der Waals surface area (Å²) in [5, 5.41) is 34.8. The van der Waals surface area contributed by atoms with Crippen molar-refractivity contribution in [3.63, 3.8) is 0 Å². The fourth-order valence-corrected chi connectivity index (χ4v) is 7.21. The second-order valence-corrected chi connectivity index (χ2v) is 12.0. The molecule has 0 aromatic heterocycles. The number of benzene rings is 1. The normalized spacial score (nSPS) is 36.3. The number of aliphatic hydroxyl groups excluding tert-OH is 3. The van der Waals surface area contributed by atoms with E-state index in [9.17, 15) is 24.9 Å². The first-order valence-electron chi connectivity index (χ1n) is 12.7. The summed E-state index contributed by atoms with van der Waals surface area (Å²) < 4.78 is 5.85. The van der Waals surface area contributed by atoms with E-state index in [4.69, 9.17) is 27.9 Å². The Labute approximate surface area is 221 Å². The van der Waals surface area contributed by atoms with E-state index in [1.165, 1.54) is 6.07 Å². The number of nitrogens with zero attached hydrogens (tertiary/aromatic N) is 1. The lowest BCUT2D eigenvalue weighted by Crippen LogP contribution is -2.61. The average molecular weight is 543 g/mol. The number of anilines is 1. The van der Waals surface area contributed by atoms with Gasteiger partial charge < -0.3 is 25.0 Å². The first kappa shape index (κ1) is 27.5. The van der Waals surface area contributed by atoms with Crippen molar-refractivity contribution in [3.8, 4) is 0 Å². The van der Waals surface area contributed by atoms with Crippen molar-refractivity contribution in [2.24, 2.45) is 22.7 Å². The van der Waals surface area contributed by atoms with Gasteiger partial charge in [0.15, 0.2) is 0 Å². The van der Waals surface area contributed by atoms with Gasteiger partial charge in [-0.1, -0.05) is 37.0 Å². The predicted molar refractivity (Wildman–Crippen MR) is 137 cm³/mol. The van der Waals surface area contributed by atoms with Crippen molar-refractivity contribution in [2.45, 2.75) is 70.7 Å². The molecule has 1 heterocycles. The molecule has 200 valence electrons. The van der Waals surface area contributed by atoms with Gasteiger partial charge in [0.05, 0.1) is 28.9 Å². The number of likely N-dealkylation sites (tertiary alicyclic amines) is 1. The van der Waals surface area contributed by atoms with Crippen molar-refractivity contribution >= 4 is 40.9 Å². The van der Waals surface area contributed by atoms with Crippen molar-refractivity contribution < 1.29 is 29.6 Å². The monoisotopic (exact) mass is 542 g/mol. The second-order valence-electron chi connectivity index (χ2n) is 11.1. The van der Waals surface area contributed by atoms with E-state index in [1.54, 1.807) is 17.0 Å². The number of carbonyl (C=O) groups is 2. The molecule has 7 atom stereocenters. The summed E-state index contributed by atoms with van der Waals surface area (Å²) in [5.41, 5.74) is -0.705. The van der Waals surface area contributed by atoms with Crippen LogP contribution in [0.5, 0.6) is 0 Å². The van der Waals surface area contributed by atoms with E-state index in [0.717, 1.165) is 0 Å². The van der Waals surface area contributed by atoms with Crippen LogP contribution in [0.25, 0.3) is 0 Å². The van der Waals surface area contributed by atoms with Crippen LogP contribution in [0.3, 0.4) is 0 Å². The molecule has 1 aromatic rings. The topological polar surface area (TPSA) is 119 Å². The van der Waals surface area contributed by atoms with Crippen LogP contribution in [0.4, 0.5) is 10.5 Å². The lowest BCUT2D eigenvalue weighted by atomic mass is 9.46. The van der Waals surface area contributed by atoms with Crippen LogP contribution in [-0.4, -0.2) is 70.2 Å². The Kier molecular flexibility index (Phi) is 8.12. The zero-order valence-corrected chi connectivity index (χ0v) is 22.3. The SMILES string of the molecule is C[C@]1(CO)[C@@H]2CC[C@@H](O)[C@@H](CC(=O)N3CC[C@@H](O)C3)[C@]2(C)CC[C@H]1OC(=O)Nc1ccc(Cl)c(Cl)c1. The molecule has 0 radical (unpaired) electrons. The third kappa shape index (κ3) is 5.20. The summed E-state index contributed by atoms with van der Waals surface area (Å²) in [4.78, 5) is 27.5. The Morgan fingerprint density at radius 2 is 1.89 bits per heavy atom. The van der Waals surface area contributed by atoms with Crippen molar-refractivity contribution in [1.82, 2.24) is 4.90 Å². The van der Waals surface area contributed by atoms with Gasteiger partial charge in [0.25, 0.3) is 0 Å². The highest BCUT2D eigenvalue weighted by Gasteiger charge is 2.60. The smallest absolute Gasteiger partial charge is 0.411 e. The van der Waals surface area contributed by atoms with E-state index >= 15 is 0 Å². The number of hydrogen-bond donors (Lipinski definition) is 4. The molecular weight excluding hydrogens is 507 g/mol. The highest BCUT2D eigenvalue weighted by molar-refractivity contribution is 6.42. The summed E-state index contributed by atoms with van der Waals surface area (Å²) in [7, 11) is 0. The maximum atomic E-state index is 13.0. The third-order valence-electron chi connectivity index (χ3n) is 9.00. The number of amides is 2. The number of fused-ring (bicyclic) bond motifs is 1. The van der Waals surface area contributed by atoms with Gasteiger partial charge in [0.2, 0.25) is 5.91 Å². The molecule has 0 spiro atoms. The number of nitrogens with one attached hydrogen (secondary N) is 1. The molecule has 3 aliphatic rings. The van der Waals surface area contributed by atoms with Crippen molar-refractivity contribution in [2.75, 3.05) is 25.0 Å². The van der Waals surface area contributed by atoms with Crippen LogP contribution in [-0.2, 0) is 9.53 Å². The van der Waals surface area contributed by atoms with Crippen LogP contribution in [0, 0.1) is 22.7 Å². The Bertz CT molecular complexity index is 995. The third-order valence-corrected chi connectivity index (χ3v) is 9.74. The Hall–Kier alpha value is -1.58. The van der Waals surface area contributed by atoms with E-state index in [0.29, 0.717) is 60.9 Å². The van der Waals surface area contributed by atoms with Gasteiger partial charge in [-0.3, -0.25) is 10.1 Å². The summed E-state index contributed by atoms with van der Waals surface area (Å²) in [5.74, 6) is -0.391. The van der Waals surface area contributed by atoms with Crippen molar-refractivity contribution in [3.05, 3.63) is 28.2 Å². The molecule has 3 fully saturated rings. The van der Waals surface area contributed by atoms with Crippen molar-refractivity contribution in [1.29, 1.82) is 0 Å². The number of β-amino-alcohol motifs (C(OH)–C–C–N with tert-alkyl or cyclic N) is 1. The van der Waals surface area contributed by atoms with Gasteiger partial charge in [-0.2, -0.15) is 0 Å². The highest BCUT2D eigenvalue weighted by Crippen LogP contribution is 2.61. The highest BCUT2D eigenvalue weighted by atomic mass is 35.5. The quantitative estimate of drug-likeness (QED) is 0.445. The standard InChI is InChI=1S/C26H36Cl2N2O6/c1-25-9-7-22(36-24(35)29-15-3-4-18(27)19(28)11-15)26(2,14-31)21(25)6-5-20(33)17(25)12-23(34)30-10-8-16(32)13-30/h3-4,11,16-17,20-22,31-33H,5-10,12-14H2,1-2H3,(H,29,35)/t16-,17-,20-,21-,22-,25+,26+/m1/s1. The fraction of sp³-hybridized carbons (Fsp3) is 0.692. The molecule has 2 amide bonds. The molecule has 0 unspecified atom stereocenters. The lowest BCUT2D eigenvalue weighted by Gasteiger charge is -2.60. The first-order valence-corrected chi connectivity index (χ1v) is 13.4. The molecule has 4 rings (SSSR count). The largest absolute Gasteiger partial charge is 0.445 e. The Morgan fingerprint density at radius 3 is 2.53 bits per heavy atom. The zero-order valence-electron chi connectivity index (χ0n) is 20.8. The van der Waals surface area contributed by atoms with E-state index in [-0.39, 0.29) is 30.8 Å². The average Bonchev–Trinajstić information content (AvgIpc) is 3.27. The molecule has 2 saturated carbocycles. The van der Waals surface area contributed by atoms with Crippen LogP contribution >= 0.6 is 23.2 Å². The van der Waals surface area contributed by atoms with Gasteiger partial charge in [0, 0.05) is 30.6 Å². The number of hydrogen-bond acceptors (Lipinski definition) is 6. The first-order chi connectivity index (χ1) is 17.0. The number of aliphatic hydroxyl groups is 3. The maximum Gasteiger partial charge on any atom is 0.411 e. The zero-order chi connectivity index (χ0) is 26.3. The number of carbonyl (C=O) groups excluding carboxylic acids is 2. The van der Waals surface area contributed by atoms with Gasteiger partial charge in [-0.15, -0.1) is 0 Å². The molecule has 2 aliphatic carbocycles. The molecule has 8 nitrogen and oxygen atoms in total. The summed E-state index contributed by atoms with van der Waals surface area (Å²) in [6.07, 6.45) is 0.801. The molecule has 1 aromatic carbocycles. The number of halogens is 2. The Morgan fingerprint density at radius 1 is 1.14 bits per heavy atom. The summed E-state index contributed by atoms with van der Waals surface area (Å²) in [6.45, 7) is 4.70. The summed E-state index contributed by atoms with van der Waals surface area (Å²) >= 11 is 12.0. The Balaban J connectivity index is 1.49. The molecule has 1 saturated heterocycles. The molecule has 36 heavy (non-hydrogen) atoms. The molecule has 4 N–H and O–H groups in total. The predicted octanol–water partition coefficient (Wildman–Crippen LogP) is 4.08. The number of ether oxygens (including phenoxy) is 1. The summed E-state index contributed by atoms with van der Waals surface area (Å²) in [6, 6.07) is 4.75. The lowest BCUT2D eigenvalue weighted by molar-refractivity contribution is -0.186. The van der Waals surface area contributed by atoms with Crippen LogP contribution in [0.15, 0.2) is 18.2 Å². The van der Waals surface area contributed by atoms with Gasteiger partial charge in [0.1, 0.15) is 6.10 Å². The van der Waals surface area contributed by atoms with E-state index < -0.39 is 35.2 Å². The van der Waals surface area contributed by atoms with Gasteiger partial charge in [-0.25, -0.2) is 4.79 Å². The number of rotatable bonds is 5. The molecule has 0 bridgehead atoms. The molecule has 10 heteroatoms. The maximum absolute atomic E-state index is 13.0. The minimum atomic E-state index is -0.743. The fourth-order valence-electron chi connectivity index (χ4n) is 6.92. The second kappa shape index (κ2) is 10.7. The minimum absolute atomic E-state index is 0.0532. The van der Waals surface area contributed by atoms with E-state index in [2.05, 4.69) is 12.2 Å².